The summed E-state index contributed by atoms with van der Waals surface area (Å²) in [5, 5.41) is 9.72. The highest BCUT2D eigenvalue weighted by atomic mass is 16.3. The second kappa shape index (κ2) is 7.41. The number of carbonyl (C=O) groups is 1. The van der Waals surface area contributed by atoms with E-state index >= 15 is 0 Å². The summed E-state index contributed by atoms with van der Waals surface area (Å²) >= 11 is 0. The topological polar surface area (TPSA) is 43.8 Å². The molecule has 0 aromatic carbocycles. The minimum Gasteiger partial charge on any atom is -0.392 e. The summed E-state index contributed by atoms with van der Waals surface area (Å²) in [6.07, 6.45) is 8.16. The van der Waals surface area contributed by atoms with Crippen molar-refractivity contribution in [3.8, 4) is 0 Å². The van der Waals surface area contributed by atoms with E-state index in [4.69, 9.17) is 0 Å². The molecule has 4 nitrogen and oxygen atoms in total. The van der Waals surface area contributed by atoms with E-state index in [1.165, 1.54) is 44.9 Å². The Morgan fingerprint density at radius 1 is 1.15 bits per heavy atom. The maximum absolute atomic E-state index is 12.5. The van der Waals surface area contributed by atoms with Gasteiger partial charge in [-0.15, -0.1) is 0 Å². The van der Waals surface area contributed by atoms with Gasteiger partial charge in [0.1, 0.15) is 0 Å². The number of carbonyl (C=O) groups excluding carboxylic acids is 1. The third kappa shape index (κ3) is 4.45. The molecule has 0 aromatic rings. The van der Waals surface area contributed by atoms with Crippen molar-refractivity contribution in [3.05, 3.63) is 0 Å². The summed E-state index contributed by atoms with van der Waals surface area (Å²) in [6, 6.07) is 0.979. The molecule has 2 aliphatic carbocycles. The van der Waals surface area contributed by atoms with Crippen molar-refractivity contribution >= 4 is 5.91 Å². The Balaban J connectivity index is 1.93. The molecule has 2 saturated carbocycles. The van der Waals surface area contributed by atoms with Gasteiger partial charge in [-0.25, -0.2) is 0 Å². The quantitative estimate of drug-likeness (QED) is 0.777. The lowest BCUT2D eigenvalue weighted by molar-refractivity contribution is -0.134. The molecule has 1 amide bonds. The van der Waals surface area contributed by atoms with Crippen LogP contribution < -0.4 is 0 Å². The largest absolute Gasteiger partial charge is 0.392 e. The van der Waals surface area contributed by atoms with Gasteiger partial charge in [-0.2, -0.15) is 0 Å². The molecule has 2 rings (SSSR count). The van der Waals surface area contributed by atoms with Gasteiger partial charge >= 0.3 is 0 Å². The van der Waals surface area contributed by atoms with E-state index in [2.05, 4.69) is 11.8 Å². The van der Waals surface area contributed by atoms with Gasteiger partial charge < -0.3 is 10.0 Å². The van der Waals surface area contributed by atoms with E-state index in [0.29, 0.717) is 25.2 Å². The van der Waals surface area contributed by atoms with Gasteiger partial charge in [0.2, 0.25) is 5.91 Å². The Morgan fingerprint density at radius 2 is 1.80 bits per heavy atom. The first kappa shape index (κ1) is 15.8. The van der Waals surface area contributed by atoms with Crippen molar-refractivity contribution in [2.45, 2.75) is 77.0 Å². The average molecular weight is 282 g/mol. The lowest BCUT2D eigenvalue weighted by Gasteiger charge is -2.36. The molecule has 2 aliphatic rings. The molecule has 0 heterocycles. The Bertz CT molecular complexity index is 310. The highest BCUT2D eigenvalue weighted by Gasteiger charge is 2.33. The van der Waals surface area contributed by atoms with Crippen LogP contribution in [0.5, 0.6) is 0 Å². The summed E-state index contributed by atoms with van der Waals surface area (Å²) in [6.45, 7) is 5.81. The number of likely N-dealkylation sites (N-methyl/N-ethyl adjacent to an activating group) is 1. The number of aliphatic hydroxyl groups is 1. The SMILES string of the molecule is CCN(C(=O)CN(C[C@@H](C)O)C1CCCCC1)C1CC1. The Hall–Kier alpha value is -0.610. The van der Waals surface area contributed by atoms with Crippen LogP contribution in [0.25, 0.3) is 0 Å². The number of amides is 1. The van der Waals surface area contributed by atoms with E-state index in [-0.39, 0.29) is 12.0 Å². The lowest BCUT2D eigenvalue weighted by atomic mass is 9.94. The standard InChI is InChI=1S/C16H30N2O2/c1-3-18(15-9-10-15)16(20)12-17(11-13(2)19)14-7-5-4-6-8-14/h13-15,19H,3-12H2,1-2H3/t13-/m1/s1. The van der Waals surface area contributed by atoms with Crippen molar-refractivity contribution in [1.29, 1.82) is 0 Å². The molecule has 0 spiro atoms. The Morgan fingerprint density at radius 3 is 2.30 bits per heavy atom. The van der Waals surface area contributed by atoms with Crippen LogP contribution >= 0.6 is 0 Å². The van der Waals surface area contributed by atoms with Crippen LogP contribution in [-0.2, 0) is 4.79 Å². The molecular formula is C16H30N2O2. The van der Waals surface area contributed by atoms with Crippen molar-refractivity contribution in [1.82, 2.24) is 9.80 Å². The third-order valence-electron chi connectivity index (χ3n) is 4.58. The van der Waals surface area contributed by atoms with Crippen LogP contribution in [-0.4, -0.2) is 58.6 Å². The lowest BCUT2D eigenvalue weighted by Crippen LogP contribution is -2.48. The van der Waals surface area contributed by atoms with E-state index in [1.807, 2.05) is 11.8 Å². The first-order valence-corrected chi connectivity index (χ1v) is 8.33. The summed E-state index contributed by atoms with van der Waals surface area (Å²) in [4.78, 5) is 16.8. The summed E-state index contributed by atoms with van der Waals surface area (Å²) in [7, 11) is 0. The van der Waals surface area contributed by atoms with E-state index in [9.17, 15) is 9.90 Å². The van der Waals surface area contributed by atoms with Crippen LogP contribution in [0.15, 0.2) is 0 Å². The Labute approximate surface area is 123 Å². The Kier molecular flexibility index (Phi) is 5.85. The number of hydrogen-bond donors (Lipinski definition) is 1. The van der Waals surface area contributed by atoms with Gasteiger partial charge in [-0.1, -0.05) is 19.3 Å². The second-order valence-corrected chi connectivity index (χ2v) is 6.48. The number of aliphatic hydroxyl groups excluding tert-OH is 1. The third-order valence-corrected chi connectivity index (χ3v) is 4.58. The molecule has 2 fully saturated rings. The number of nitrogens with zero attached hydrogens (tertiary/aromatic N) is 2. The van der Waals surface area contributed by atoms with Gasteiger partial charge in [-0.3, -0.25) is 9.69 Å². The van der Waals surface area contributed by atoms with Crippen molar-refractivity contribution < 1.29 is 9.90 Å². The highest BCUT2D eigenvalue weighted by Crippen LogP contribution is 2.27. The second-order valence-electron chi connectivity index (χ2n) is 6.48. The summed E-state index contributed by atoms with van der Waals surface area (Å²) in [5.41, 5.74) is 0. The summed E-state index contributed by atoms with van der Waals surface area (Å²) in [5.74, 6) is 0.251. The molecule has 20 heavy (non-hydrogen) atoms. The normalized spacial score (nSPS) is 22.0. The van der Waals surface area contributed by atoms with Gasteiger partial charge in [0, 0.05) is 25.2 Å². The zero-order chi connectivity index (χ0) is 14.5. The van der Waals surface area contributed by atoms with Gasteiger partial charge in [-0.05, 0) is 39.5 Å². The molecule has 0 aliphatic heterocycles. The molecule has 116 valence electrons. The minimum absolute atomic E-state index is 0.251. The molecule has 0 radical (unpaired) electrons. The first-order chi connectivity index (χ1) is 9.61. The molecule has 4 heteroatoms. The zero-order valence-electron chi connectivity index (χ0n) is 13.1. The molecule has 0 saturated heterocycles. The van der Waals surface area contributed by atoms with Crippen molar-refractivity contribution in [2.75, 3.05) is 19.6 Å². The van der Waals surface area contributed by atoms with Crippen LogP contribution in [0.2, 0.25) is 0 Å². The monoisotopic (exact) mass is 282 g/mol. The fourth-order valence-electron chi connectivity index (χ4n) is 3.42. The molecular weight excluding hydrogens is 252 g/mol. The van der Waals surface area contributed by atoms with Crippen LogP contribution in [0.4, 0.5) is 0 Å². The maximum atomic E-state index is 12.5. The smallest absolute Gasteiger partial charge is 0.236 e. The van der Waals surface area contributed by atoms with Crippen LogP contribution in [0.1, 0.15) is 58.8 Å². The van der Waals surface area contributed by atoms with Gasteiger partial charge in [0.05, 0.1) is 12.6 Å². The average Bonchev–Trinajstić information content (AvgIpc) is 3.24. The van der Waals surface area contributed by atoms with E-state index < -0.39 is 0 Å². The molecule has 1 atom stereocenters. The van der Waals surface area contributed by atoms with Crippen LogP contribution in [0, 0.1) is 0 Å². The molecule has 0 bridgehead atoms. The predicted octanol–water partition coefficient (Wildman–Crippen LogP) is 2.01. The highest BCUT2D eigenvalue weighted by molar-refractivity contribution is 5.79. The van der Waals surface area contributed by atoms with Gasteiger partial charge in [0.25, 0.3) is 0 Å². The van der Waals surface area contributed by atoms with Gasteiger partial charge in [0.15, 0.2) is 0 Å². The fraction of sp³-hybridized carbons (Fsp3) is 0.938. The van der Waals surface area contributed by atoms with Crippen LogP contribution in [0.3, 0.4) is 0 Å². The molecule has 1 N–H and O–H groups in total. The molecule has 0 aromatic heterocycles. The first-order valence-electron chi connectivity index (χ1n) is 8.33. The van der Waals surface area contributed by atoms with E-state index in [0.717, 1.165) is 6.54 Å². The van der Waals surface area contributed by atoms with Crippen molar-refractivity contribution in [3.63, 3.8) is 0 Å². The maximum Gasteiger partial charge on any atom is 0.236 e. The number of rotatable bonds is 7. The predicted molar refractivity (Wildman–Crippen MR) is 80.5 cm³/mol. The zero-order valence-corrected chi connectivity index (χ0v) is 13.1. The molecule has 0 unspecified atom stereocenters. The fourth-order valence-corrected chi connectivity index (χ4v) is 3.42. The number of hydrogen-bond acceptors (Lipinski definition) is 3. The minimum atomic E-state index is -0.360. The van der Waals surface area contributed by atoms with Crippen molar-refractivity contribution in [2.24, 2.45) is 0 Å². The van der Waals surface area contributed by atoms with E-state index in [1.54, 1.807) is 0 Å². The summed E-state index contributed by atoms with van der Waals surface area (Å²) < 4.78 is 0.